The minimum Gasteiger partial charge on any atom is -0.493 e. The average Bonchev–Trinajstić information content (AvgIpc) is 2.99. The highest BCUT2D eigenvalue weighted by Crippen LogP contribution is 2.29. The molecule has 1 aliphatic rings. The van der Waals surface area contributed by atoms with Gasteiger partial charge in [0.05, 0.1) is 6.61 Å². The van der Waals surface area contributed by atoms with Gasteiger partial charge in [-0.3, -0.25) is 0 Å². The van der Waals surface area contributed by atoms with E-state index in [4.69, 9.17) is 4.74 Å². The summed E-state index contributed by atoms with van der Waals surface area (Å²) < 4.78 is 5.62. The summed E-state index contributed by atoms with van der Waals surface area (Å²) in [5, 5.41) is 0. The predicted octanol–water partition coefficient (Wildman–Crippen LogP) is 3.20. The molecule has 1 aromatic rings. The Morgan fingerprint density at radius 2 is 2.00 bits per heavy atom. The molecule has 0 saturated heterocycles. The molecule has 0 aromatic heterocycles. The largest absolute Gasteiger partial charge is 0.493 e. The second-order valence-electron chi connectivity index (χ2n) is 3.43. The molecule has 0 bridgehead atoms. The maximum atomic E-state index is 5.62. The second-order valence-corrected chi connectivity index (χ2v) is 4.31. The fourth-order valence-corrected chi connectivity index (χ4v) is 1.58. The molecule has 0 heterocycles. The van der Waals surface area contributed by atoms with Crippen LogP contribution >= 0.6 is 11.8 Å². The van der Waals surface area contributed by atoms with Gasteiger partial charge in [-0.05, 0) is 49.3 Å². The van der Waals surface area contributed by atoms with Crippen LogP contribution < -0.4 is 4.74 Å². The molecule has 0 spiro atoms. The Balaban J connectivity index is 1.88. The van der Waals surface area contributed by atoms with Crippen molar-refractivity contribution in [3.8, 4) is 5.75 Å². The standard InChI is InChI=1S/C11H14OS/c1-13-11-6-4-10(5-7-11)12-8-9-2-3-9/h4-7,9H,2-3,8H2,1H3. The van der Waals surface area contributed by atoms with Crippen LogP contribution in [0.2, 0.25) is 0 Å². The number of ether oxygens (including phenoxy) is 1. The molecule has 2 heteroatoms. The van der Waals surface area contributed by atoms with Crippen molar-refractivity contribution in [1.29, 1.82) is 0 Å². The summed E-state index contributed by atoms with van der Waals surface area (Å²) in [5.74, 6) is 1.84. The third-order valence-corrected chi connectivity index (χ3v) is 2.99. The summed E-state index contributed by atoms with van der Waals surface area (Å²) in [7, 11) is 0. The van der Waals surface area contributed by atoms with Crippen LogP contribution in [0.25, 0.3) is 0 Å². The zero-order valence-electron chi connectivity index (χ0n) is 7.82. The molecule has 1 aliphatic carbocycles. The van der Waals surface area contributed by atoms with E-state index in [1.807, 2.05) is 12.1 Å². The maximum Gasteiger partial charge on any atom is 0.119 e. The van der Waals surface area contributed by atoms with E-state index in [1.54, 1.807) is 11.8 Å². The third kappa shape index (κ3) is 2.66. The summed E-state index contributed by atoms with van der Waals surface area (Å²) in [6, 6.07) is 8.31. The number of hydrogen-bond acceptors (Lipinski definition) is 2. The van der Waals surface area contributed by atoms with Crippen molar-refractivity contribution in [2.24, 2.45) is 5.92 Å². The molecule has 2 rings (SSSR count). The number of hydrogen-bond donors (Lipinski definition) is 0. The number of benzene rings is 1. The molecule has 1 fully saturated rings. The SMILES string of the molecule is CSc1ccc(OCC2CC2)cc1. The van der Waals surface area contributed by atoms with Crippen LogP contribution in [0.3, 0.4) is 0 Å². The zero-order chi connectivity index (χ0) is 9.10. The lowest BCUT2D eigenvalue weighted by atomic mass is 10.3. The minimum absolute atomic E-state index is 0.834. The molecule has 1 nitrogen and oxygen atoms in total. The van der Waals surface area contributed by atoms with Crippen LogP contribution in [0.4, 0.5) is 0 Å². The molecule has 0 amide bonds. The van der Waals surface area contributed by atoms with Gasteiger partial charge in [-0.25, -0.2) is 0 Å². The van der Waals surface area contributed by atoms with Crippen LogP contribution in [-0.4, -0.2) is 12.9 Å². The Morgan fingerprint density at radius 1 is 1.31 bits per heavy atom. The van der Waals surface area contributed by atoms with Crippen molar-refractivity contribution in [3.05, 3.63) is 24.3 Å². The molecular weight excluding hydrogens is 180 g/mol. The van der Waals surface area contributed by atoms with E-state index in [-0.39, 0.29) is 0 Å². The quantitative estimate of drug-likeness (QED) is 0.681. The van der Waals surface area contributed by atoms with Gasteiger partial charge >= 0.3 is 0 Å². The van der Waals surface area contributed by atoms with Crippen molar-refractivity contribution in [2.75, 3.05) is 12.9 Å². The lowest BCUT2D eigenvalue weighted by Crippen LogP contribution is -1.98. The monoisotopic (exact) mass is 194 g/mol. The third-order valence-electron chi connectivity index (χ3n) is 2.24. The zero-order valence-corrected chi connectivity index (χ0v) is 8.64. The molecule has 0 unspecified atom stereocenters. The lowest BCUT2D eigenvalue weighted by molar-refractivity contribution is 0.299. The number of thioether (sulfide) groups is 1. The fraction of sp³-hybridized carbons (Fsp3) is 0.455. The molecule has 70 valence electrons. The normalized spacial score (nSPS) is 15.8. The van der Waals surface area contributed by atoms with Crippen LogP contribution in [0, 0.1) is 5.92 Å². The van der Waals surface area contributed by atoms with Crippen LogP contribution in [0.15, 0.2) is 29.2 Å². The van der Waals surface area contributed by atoms with E-state index >= 15 is 0 Å². The highest BCUT2D eigenvalue weighted by atomic mass is 32.2. The van der Waals surface area contributed by atoms with E-state index in [1.165, 1.54) is 17.7 Å². The Hall–Kier alpha value is -0.630. The van der Waals surface area contributed by atoms with Crippen LogP contribution in [-0.2, 0) is 0 Å². The van der Waals surface area contributed by atoms with Crippen molar-refractivity contribution in [2.45, 2.75) is 17.7 Å². The van der Waals surface area contributed by atoms with Gasteiger partial charge in [0, 0.05) is 4.90 Å². The predicted molar refractivity (Wildman–Crippen MR) is 56.4 cm³/mol. The van der Waals surface area contributed by atoms with Gasteiger partial charge in [-0.2, -0.15) is 0 Å². The first kappa shape index (κ1) is 8.95. The van der Waals surface area contributed by atoms with Crippen molar-refractivity contribution < 1.29 is 4.74 Å². The first-order chi connectivity index (χ1) is 6.38. The molecule has 0 radical (unpaired) electrons. The Morgan fingerprint density at radius 3 is 2.54 bits per heavy atom. The van der Waals surface area contributed by atoms with Gasteiger partial charge in [0.1, 0.15) is 5.75 Å². The molecule has 1 aromatic carbocycles. The van der Waals surface area contributed by atoms with Gasteiger partial charge in [-0.15, -0.1) is 11.8 Å². The smallest absolute Gasteiger partial charge is 0.119 e. The molecule has 0 atom stereocenters. The summed E-state index contributed by atoms with van der Waals surface area (Å²) in [5.41, 5.74) is 0. The molecule has 13 heavy (non-hydrogen) atoms. The van der Waals surface area contributed by atoms with E-state index < -0.39 is 0 Å². The molecular formula is C11H14OS. The van der Waals surface area contributed by atoms with E-state index in [9.17, 15) is 0 Å². The fourth-order valence-electron chi connectivity index (χ4n) is 1.17. The van der Waals surface area contributed by atoms with Gasteiger partial charge in [0.25, 0.3) is 0 Å². The Labute approximate surface area is 83.5 Å². The molecule has 0 aliphatic heterocycles. The summed E-state index contributed by atoms with van der Waals surface area (Å²) in [4.78, 5) is 1.29. The van der Waals surface area contributed by atoms with E-state index in [0.717, 1.165) is 18.3 Å². The summed E-state index contributed by atoms with van der Waals surface area (Å²) in [6.45, 7) is 0.901. The molecule has 0 N–H and O–H groups in total. The van der Waals surface area contributed by atoms with Crippen LogP contribution in [0.5, 0.6) is 5.75 Å². The second kappa shape index (κ2) is 4.05. The Bertz CT molecular complexity index is 264. The van der Waals surface area contributed by atoms with Gasteiger partial charge in [-0.1, -0.05) is 0 Å². The molecule has 1 saturated carbocycles. The first-order valence-electron chi connectivity index (χ1n) is 4.65. The van der Waals surface area contributed by atoms with Crippen molar-refractivity contribution in [3.63, 3.8) is 0 Å². The van der Waals surface area contributed by atoms with E-state index in [0.29, 0.717) is 0 Å². The van der Waals surface area contributed by atoms with Gasteiger partial charge < -0.3 is 4.74 Å². The Kier molecular flexibility index (Phi) is 2.79. The van der Waals surface area contributed by atoms with E-state index in [2.05, 4.69) is 18.4 Å². The highest BCUT2D eigenvalue weighted by Gasteiger charge is 2.21. The number of rotatable bonds is 4. The van der Waals surface area contributed by atoms with Gasteiger partial charge in [0.15, 0.2) is 0 Å². The highest BCUT2D eigenvalue weighted by molar-refractivity contribution is 7.98. The van der Waals surface area contributed by atoms with Crippen molar-refractivity contribution >= 4 is 11.8 Å². The topological polar surface area (TPSA) is 9.23 Å². The van der Waals surface area contributed by atoms with Crippen molar-refractivity contribution in [1.82, 2.24) is 0 Å². The minimum atomic E-state index is 0.834. The van der Waals surface area contributed by atoms with Crippen LogP contribution in [0.1, 0.15) is 12.8 Å². The summed E-state index contributed by atoms with van der Waals surface area (Å²) in [6.07, 6.45) is 4.78. The average molecular weight is 194 g/mol. The summed E-state index contributed by atoms with van der Waals surface area (Å²) >= 11 is 1.76. The lowest BCUT2D eigenvalue weighted by Gasteiger charge is -2.04. The first-order valence-corrected chi connectivity index (χ1v) is 5.88. The van der Waals surface area contributed by atoms with Gasteiger partial charge in [0.2, 0.25) is 0 Å². The maximum absolute atomic E-state index is 5.62.